The van der Waals surface area contributed by atoms with Gasteiger partial charge in [-0.15, -0.1) is 0 Å². The zero-order chi connectivity index (χ0) is 10.6. The van der Waals surface area contributed by atoms with Crippen LogP contribution in [0.4, 0.5) is 10.1 Å². The molecule has 1 aromatic rings. The van der Waals surface area contributed by atoms with Crippen molar-refractivity contribution < 1.29 is 9.13 Å². The monoisotopic (exact) mass is 197 g/mol. The molecule has 0 aliphatic rings. The molecular formula is C11H16FNO. The molecule has 0 fully saturated rings. The van der Waals surface area contributed by atoms with E-state index in [-0.39, 0.29) is 5.69 Å². The largest absolute Gasteiger partial charge is 0.491 e. The SMILES string of the molecule is CC(C)CCOc1cccc(F)c1N. The van der Waals surface area contributed by atoms with Gasteiger partial charge in [0, 0.05) is 0 Å². The van der Waals surface area contributed by atoms with Gasteiger partial charge >= 0.3 is 0 Å². The molecule has 0 amide bonds. The van der Waals surface area contributed by atoms with Crippen molar-refractivity contribution in [2.75, 3.05) is 12.3 Å². The minimum absolute atomic E-state index is 0.0938. The zero-order valence-electron chi connectivity index (χ0n) is 8.59. The molecule has 0 unspecified atom stereocenters. The maximum atomic E-state index is 13.0. The second-order valence-electron chi connectivity index (χ2n) is 3.68. The molecule has 0 radical (unpaired) electrons. The first-order valence-electron chi connectivity index (χ1n) is 4.78. The van der Waals surface area contributed by atoms with Crippen LogP contribution in [-0.2, 0) is 0 Å². The summed E-state index contributed by atoms with van der Waals surface area (Å²) in [6, 6.07) is 4.60. The zero-order valence-corrected chi connectivity index (χ0v) is 8.59. The number of hydrogen-bond acceptors (Lipinski definition) is 2. The van der Waals surface area contributed by atoms with Crippen molar-refractivity contribution in [3.05, 3.63) is 24.0 Å². The van der Waals surface area contributed by atoms with Gasteiger partial charge in [-0.3, -0.25) is 0 Å². The Bertz CT molecular complexity index is 299. The molecule has 0 aliphatic heterocycles. The van der Waals surface area contributed by atoms with E-state index in [4.69, 9.17) is 10.5 Å². The standard InChI is InChI=1S/C11H16FNO/c1-8(2)6-7-14-10-5-3-4-9(12)11(10)13/h3-5,8H,6-7,13H2,1-2H3. The number of rotatable bonds is 4. The molecule has 0 heterocycles. The van der Waals surface area contributed by atoms with Crippen molar-refractivity contribution in [3.8, 4) is 5.75 Å². The number of ether oxygens (including phenoxy) is 1. The first kappa shape index (κ1) is 10.8. The summed E-state index contributed by atoms with van der Waals surface area (Å²) in [6.07, 6.45) is 0.940. The summed E-state index contributed by atoms with van der Waals surface area (Å²) in [5.74, 6) is 0.586. The highest BCUT2D eigenvalue weighted by Gasteiger charge is 2.05. The summed E-state index contributed by atoms with van der Waals surface area (Å²) in [5, 5.41) is 0. The Morgan fingerprint density at radius 3 is 2.79 bits per heavy atom. The molecule has 14 heavy (non-hydrogen) atoms. The summed E-state index contributed by atoms with van der Waals surface area (Å²) in [4.78, 5) is 0. The number of benzene rings is 1. The molecule has 0 aliphatic carbocycles. The molecule has 1 aromatic carbocycles. The van der Waals surface area contributed by atoms with Crippen molar-refractivity contribution in [1.82, 2.24) is 0 Å². The van der Waals surface area contributed by atoms with E-state index < -0.39 is 5.82 Å². The van der Waals surface area contributed by atoms with E-state index in [1.807, 2.05) is 0 Å². The van der Waals surface area contributed by atoms with Crippen molar-refractivity contribution in [3.63, 3.8) is 0 Å². The van der Waals surface area contributed by atoms with Gasteiger partial charge in [-0.25, -0.2) is 4.39 Å². The Labute approximate surface area is 83.9 Å². The molecule has 0 bridgehead atoms. The molecule has 3 heteroatoms. The van der Waals surface area contributed by atoms with E-state index in [9.17, 15) is 4.39 Å². The van der Waals surface area contributed by atoms with Crippen LogP contribution in [0.25, 0.3) is 0 Å². The highest BCUT2D eigenvalue weighted by atomic mass is 19.1. The maximum Gasteiger partial charge on any atom is 0.149 e. The van der Waals surface area contributed by atoms with Crippen LogP contribution in [-0.4, -0.2) is 6.61 Å². The average molecular weight is 197 g/mol. The molecule has 0 saturated carbocycles. The van der Waals surface area contributed by atoms with E-state index in [0.717, 1.165) is 6.42 Å². The van der Waals surface area contributed by atoms with Crippen molar-refractivity contribution in [2.45, 2.75) is 20.3 Å². The third kappa shape index (κ3) is 2.91. The third-order valence-electron chi connectivity index (χ3n) is 1.97. The van der Waals surface area contributed by atoms with Gasteiger partial charge in [0.15, 0.2) is 0 Å². The van der Waals surface area contributed by atoms with Gasteiger partial charge in [0.05, 0.1) is 6.61 Å². The second kappa shape index (κ2) is 4.84. The molecule has 0 saturated heterocycles. The van der Waals surface area contributed by atoms with Gasteiger partial charge in [0.25, 0.3) is 0 Å². The maximum absolute atomic E-state index is 13.0. The van der Waals surface area contributed by atoms with Crippen LogP contribution in [0.5, 0.6) is 5.75 Å². The fraction of sp³-hybridized carbons (Fsp3) is 0.455. The van der Waals surface area contributed by atoms with Gasteiger partial charge in [-0.2, -0.15) is 0 Å². The number of nitrogen functional groups attached to an aromatic ring is 1. The van der Waals surface area contributed by atoms with E-state index in [0.29, 0.717) is 18.3 Å². The van der Waals surface area contributed by atoms with E-state index in [2.05, 4.69) is 13.8 Å². The van der Waals surface area contributed by atoms with E-state index in [1.165, 1.54) is 6.07 Å². The minimum Gasteiger partial charge on any atom is -0.491 e. The fourth-order valence-electron chi connectivity index (χ4n) is 1.05. The molecule has 78 valence electrons. The topological polar surface area (TPSA) is 35.2 Å². The van der Waals surface area contributed by atoms with Crippen LogP contribution >= 0.6 is 0 Å². The summed E-state index contributed by atoms with van der Waals surface area (Å²) >= 11 is 0. The lowest BCUT2D eigenvalue weighted by atomic mass is 10.1. The highest BCUT2D eigenvalue weighted by molar-refractivity contribution is 5.53. The molecule has 0 spiro atoms. The normalized spacial score (nSPS) is 10.6. The lowest BCUT2D eigenvalue weighted by Gasteiger charge is -2.10. The molecule has 2 nitrogen and oxygen atoms in total. The van der Waals surface area contributed by atoms with Gasteiger partial charge in [0.2, 0.25) is 0 Å². The fourth-order valence-corrected chi connectivity index (χ4v) is 1.05. The smallest absolute Gasteiger partial charge is 0.149 e. The lowest BCUT2D eigenvalue weighted by molar-refractivity contribution is 0.290. The first-order valence-corrected chi connectivity index (χ1v) is 4.78. The number of para-hydroxylation sites is 1. The Kier molecular flexibility index (Phi) is 3.74. The number of nitrogens with two attached hydrogens (primary N) is 1. The molecular weight excluding hydrogens is 181 g/mol. The molecule has 0 atom stereocenters. The van der Waals surface area contributed by atoms with Gasteiger partial charge in [-0.1, -0.05) is 19.9 Å². The summed E-state index contributed by atoms with van der Waals surface area (Å²) < 4.78 is 18.3. The average Bonchev–Trinajstić information content (AvgIpc) is 2.12. The summed E-state index contributed by atoms with van der Waals surface area (Å²) in [5.41, 5.74) is 5.59. The summed E-state index contributed by atoms with van der Waals surface area (Å²) in [6.45, 7) is 4.79. The van der Waals surface area contributed by atoms with Crippen molar-refractivity contribution in [1.29, 1.82) is 0 Å². The minimum atomic E-state index is -0.424. The molecule has 1 rings (SSSR count). The van der Waals surface area contributed by atoms with Crippen LogP contribution in [0.1, 0.15) is 20.3 Å². The number of hydrogen-bond donors (Lipinski definition) is 1. The van der Waals surface area contributed by atoms with E-state index >= 15 is 0 Å². The number of halogens is 1. The summed E-state index contributed by atoms with van der Waals surface area (Å²) in [7, 11) is 0. The second-order valence-corrected chi connectivity index (χ2v) is 3.68. The van der Waals surface area contributed by atoms with Gasteiger partial charge < -0.3 is 10.5 Å². The Morgan fingerprint density at radius 1 is 1.43 bits per heavy atom. The van der Waals surface area contributed by atoms with Crippen LogP contribution in [0.15, 0.2) is 18.2 Å². The quantitative estimate of drug-likeness (QED) is 0.753. The number of anilines is 1. The van der Waals surface area contributed by atoms with Gasteiger partial charge in [0.1, 0.15) is 17.3 Å². The highest BCUT2D eigenvalue weighted by Crippen LogP contribution is 2.23. The predicted octanol–water partition coefficient (Wildman–Crippen LogP) is 2.83. The third-order valence-corrected chi connectivity index (χ3v) is 1.97. The van der Waals surface area contributed by atoms with Crippen molar-refractivity contribution >= 4 is 5.69 Å². The Balaban J connectivity index is 2.54. The Morgan fingerprint density at radius 2 is 2.14 bits per heavy atom. The molecule has 2 N–H and O–H groups in total. The predicted molar refractivity (Wildman–Crippen MR) is 55.8 cm³/mol. The lowest BCUT2D eigenvalue weighted by Crippen LogP contribution is -2.04. The van der Waals surface area contributed by atoms with E-state index in [1.54, 1.807) is 12.1 Å². The van der Waals surface area contributed by atoms with Crippen molar-refractivity contribution in [2.24, 2.45) is 5.92 Å². The molecule has 0 aromatic heterocycles. The first-order chi connectivity index (χ1) is 6.61. The van der Waals surface area contributed by atoms with Gasteiger partial charge in [-0.05, 0) is 24.5 Å². The van der Waals surface area contributed by atoms with Crippen LogP contribution in [0.3, 0.4) is 0 Å². The van der Waals surface area contributed by atoms with Crippen LogP contribution in [0.2, 0.25) is 0 Å². The van der Waals surface area contributed by atoms with Crippen LogP contribution in [0, 0.1) is 11.7 Å². The Hall–Kier alpha value is -1.25. The van der Waals surface area contributed by atoms with Crippen LogP contribution < -0.4 is 10.5 Å².